The van der Waals surface area contributed by atoms with Gasteiger partial charge in [0.1, 0.15) is 0 Å². The number of aromatic nitrogens is 1. The fourth-order valence-electron chi connectivity index (χ4n) is 2.24. The fourth-order valence-corrected chi connectivity index (χ4v) is 2.24. The third-order valence-electron chi connectivity index (χ3n) is 3.57. The Hall–Kier alpha value is -1.63. The topological polar surface area (TPSA) is 49.3 Å². The molecule has 1 atom stereocenters. The van der Waals surface area contributed by atoms with Gasteiger partial charge in [-0.05, 0) is 30.5 Å². The summed E-state index contributed by atoms with van der Waals surface area (Å²) >= 11 is 0. The minimum absolute atomic E-state index is 0. The van der Waals surface area contributed by atoms with E-state index in [1.54, 1.807) is 13.2 Å². The highest BCUT2D eigenvalue weighted by Crippen LogP contribution is 2.15. The second-order valence-corrected chi connectivity index (χ2v) is 5.44. The number of aliphatic imine (C=N–C) groups is 1. The maximum absolute atomic E-state index is 4.29. The van der Waals surface area contributed by atoms with Crippen LogP contribution in [0.25, 0.3) is 0 Å². The van der Waals surface area contributed by atoms with Gasteiger partial charge in [0.15, 0.2) is 5.96 Å². The Morgan fingerprint density at radius 1 is 1.17 bits per heavy atom. The Bertz CT molecular complexity index is 613. The molecule has 1 heterocycles. The molecule has 0 aliphatic rings. The monoisotopic (exact) mass is 424 g/mol. The number of hydrogen-bond donors (Lipinski definition) is 2. The van der Waals surface area contributed by atoms with Gasteiger partial charge < -0.3 is 10.6 Å². The lowest BCUT2D eigenvalue weighted by Gasteiger charge is -2.16. The van der Waals surface area contributed by atoms with Crippen LogP contribution in [-0.2, 0) is 6.54 Å². The molecule has 1 aromatic heterocycles. The number of pyridine rings is 1. The smallest absolute Gasteiger partial charge is 0.191 e. The van der Waals surface area contributed by atoms with E-state index >= 15 is 0 Å². The van der Waals surface area contributed by atoms with Gasteiger partial charge in [-0.2, -0.15) is 0 Å². The number of nitrogens with one attached hydrogen (secondary N) is 2. The van der Waals surface area contributed by atoms with Gasteiger partial charge in [0.2, 0.25) is 0 Å². The van der Waals surface area contributed by atoms with Crippen LogP contribution in [0.15, 0.2) is 53.7 Å². The molecule has 1 aromatic carbocycles. The van der Waals surface area contributed by atoms with Gasteiger partial charge in [0.05, 0.1) is 12.2 Å². The molecule has 0 amide bonds. The molecule has 5 heteroatoms. The Kier molecular flexibility index (Phi) is 8.61. The molecule has 23 heavy (non-hydrogen) atoms. The average molecular weight is 424 g/mol. The summed E-state index contributed by atoms with van der Waals surface area (Å²) in [4.78, 5) is 8.55. The summed E-state index contributed by atoms with van der Waals surface area (Å²) in [6, 6.07) is 14.5. The van der Waals surface area contributed by atoms with Crippen LogP contribution in [0.4, 0.5) is 0 Å². The molecule has 0 saturated heterocycles. The van der Waals surface area contributed by atoms with Gasteiger partial charge in [-0.3, -0.25) is 9.98 Å². The van der Waals surface area contributed by atoms with Crippen molar-refractivity contribution in [2.45, 2.75) is 26.3 Å². The predicted octanol–water partition coefficient (Wildman–Crippen LogP) is 3.48. The van der Waals surface area contributed by atoms with Gasteiger partial charge >= 0.3 is 0 Å². The van der Waals surface area contributed by atoms with Crippen molar-refractivity contribution in [3.8, 4) is 0 Å². The van der Waals surface area contributed by atoms with Crippen molar-refractivity contribution in [3.63, 3.8) is 0 Å². The lowest BCUT2D eigenvalue weighted by atomic mass is 9.99. The zero-order chi connectivity index (χ0) is 15.8. The van der Waals surface area contributed by atoms with E-state index in [9.17, 15) is 0 Å². The Labute approximate surface area is 155 Å². The van der Waals surface area contributed by atoms with Gasteiger partial charge in [-0.15, -0.1) is 24.0 Å². The first-order valence-electron chi connectivity index (χ1n) is 7.60. The highest BCUT2D eigenvalue weighted by molar-refractivity contribution is 14.0. The van der Waals surface area contributed by atoms with Gasteiger partial charge in [-0.1, -0.05) is 42.8 Å². The number of rotatable bonds is 5. The van der Waals surface area contributed by atoms with E-state index in [0.717, 1.165) is 18.2 Å². The first-order chi connectivity index (χ1) is 10.7. The summed E-state index contributed by atoms with van der Waals surface area (Å²) in [5.41, 5.74) is 3.63. The van der Waals surface area contributed by atoms with Crippen LogP contribution >= 0.6 is 24.0 Å². The molecule has 0 radical (unpaired) electrons. The molecule has 2 aromatic rings. The number of guanidine groups is 1. The van der Waals surface area contributed by atoms with Crippen LogP contribution in [0.1, 0.15) is 29.7 Å². The minimum atomic E-state index is 0. The molecule has 0 aliphatic carbocycles. The first kappa shape index (κ1) is 19.4. The van der Waals surface area contributed by atoms with Crippen LogP contribution in [0.5, 0.6) is 0 Å². The predicted molar refractivity (Wildman–Crippen MR) is 107 cm³/mol. The SMILES string of the molecule is CN=C(NCc1ccccn1)NCC(C)c1cccc(C)c1.I. The number of halogens is 1. The number of nitrogens with zero attached hydrogens (tertiary/aromatic N) is 2. The molecule has 0 fully saturated rings. The second-order valence-electron chi connectivity index (χ2n) is 5.44. The average Bonchev–Trinajstić information content (AvgIpc) is 2.55. The second kappa shape index (κ2) is 10.2. The summed E-state index contributed by atoms with van der Waals surface area (Å²) < 4.78 is 0. The van der Waals surface area contributed by atoms with Crippen molar-refractivity contribution in [2.24, 2.45) is 4.99 Å². The molecular formula is C18H25IN4. The standard InChI is InChI=1S/C18H24N4.HI/c1-14-7-6-8-16(11-14)15(2)12-21-18(19-3)22-13-17-9-4-5-10-20-17;/h4-11,15H,12-13H2,1-3H3,(H2,19,21,22);1H. The minimum Gasteiger partial charge on any atom is -0.356 e. The summed E-state index contributed by atoms with van der Waals surface area (Å²) in [6.07, 6.45) is 1.80. The Morgan fingerprint density at radius 3 is 2.65 bits per heavy atom. The van der Waals surface area contributed by atoms with Crippen LogP contribution in [0.2, 0.25) is 0 Å². The van der Waals surface area contributed by atoms with Crippen molar-refractivity contribution < 1.29 is 0 Å². The maximum Gasteiger partial charge on any atom is 0.191 e. The highest BCUT2D eigenvalue weighted by Gasteiger charge is 2.07. The lowest BCUT2D eigenvalue weighted by molar-refractivity contribution is 0.696. The molecule has 2 N–H and O–H groups in total. The van der Waals surface area contributed by atoms with E-state index in [0.29, 0.717) is 12.5 Å². The van der Waals surface area contributed by atoms with E-state index in [1.807, 2.05) is 18.2 Å². The van der Waals surface area contributed by atoms with E-state index in [4.69, 9.17) is 0 Å². The summed E-state index contributed by atoms with van der Waals surface area (Å²) in [5.74, 6) is 1.22. The summed E-state index contributed by atoms with van der Waals surface area (Å²) in [7, 11) is 1.78. The van der Waals surface area contributed by atoms with Gasteiger partial charge in [0.25, 0.3) is 0 Å². The van der Waals surface area contributed by atoms with Crippen molar-refractivity contribution in [2.75, 3.05) is 13.6 Å². The quantitative estimate of drug-likeness (QED) is 0.439. The van der Waals surface area contributed by atoms with Crippen LogP contribution in [-0.4, -0.2) is 24.5 Å². The molecule has 1 unspecified atom stereocenters. The molecular weight excluding hydrogens is 399 g/mol. The summed E-state index contributed by atoms with van der Waals surface area (Å²) in [5, 5.41) is 6.65. The summed E-state index contributed by atoms with van der Waals surface area (Å²) in [6.45, 7) is 5.84. The van der Waals surface area contributed by atoms with Crippen molar-refractivity contribution >= 4 is 29.9 Å². The number of benzene rings is 1. The Morgan fingerprint density at radius 2 is 2.00 bits per heavy atom. The maximum atomic E-state index is 4.29. The van der Waals surface area contributed by atoms with Crippen LogP contribution in [0.3, 0.4) is 0 Å². The zero-order valence-corrected chi connectivity index (χ0v) is 16.2. The van der Waals surface area contributed by atoms with E-state index in [2.05, 4.69) is 58.7 Å². The molecule has 0 saturated carbocycles. The molecule has 4 nitrogen and oxygen atoms in total. The molecule has 0 spiro atoms. The van der Waals surface area contributed by atoms with Crippen LogP contribution in [0, 0.1) is 6.92 Å². The van der Waals surface area contributed by atoms with E-state index in [-0.39, 0.29) is 24.0 Å². The lowest BCUT2D eigenvalue weighted by Crippen LogP contribution is -2.38. The Balaban J connectivity index is 0.00000264. The normalized spacial score (nSPS) is 12.2. The van der Waals surface area contributed by atoms with E-state index < -0.39 is 0 Å². The molecule has 2 rings (SSSR count). The van der Waals surface area contributed by atoms with Crippen molar-refractivity contribution in [3.05, 3.63) is 65.5 Å². The third-order valence-corrected chi connectivity index (χ3v) is 3.57. The third kappa shape index (κ3) is 6.56. The highest BCUT2D eigenvalue weighted by atomic mass is 127. The molecule has 0 aliphatic heterocycles. The zero-order valence-electron chi connectivity index (χ0n) is 13.9. The number of hydrogen-bond acceptors (Lipinski definition) is 2. The fraction of sp³-hybridized carbons (Fsp3) is 0.333. The molecule has 124 valence electrons. The largest absolute Gasteiger partial charge is 0.356 e. The van der Waals surface area contributed by atoms with Gasteiger partial charge in [-0.25, -0.2) is 0 Å². The first-order valence-corrected chi connectivity index (χ1v) is 7.60. The van der Waals surface area contributed by atoms with E-state index in [1.165, 1.54) is 11.1 Å². The van der Waals surface area contributed by atoms with Crippen molar-refractivity contribution in [1.82, 2.24) is 15.6 Å². The molecule has 0 bridgehead atoms. The van der Waals surface area contributed by atoms with Crippen LogP contribution < -0.4 is 10.6 Å². The van der Waals surface area contributed by atoms with Gasteiger partial charge in [0, 0.05) is 19.8 Å². The van der Waals surface area contributed by atoms with Crippen molar-refractivity contribution in [1.29, 1.82) is 0 Å². The number of aryl methyl sites for hydroxylation is 1.